The molecule has 3 N–H and O–H groups in total. The fourth-order valence-electron chi connectivity index (χ4n) is 5.23. The van der Waals surface area contributed by atoms with E-state index < -0.39 is 17.9 Å². The summed E-state index contributed by atoms with van der Waals surface area (Å²) in [6.07, 6.45) is 1.08. The number of carboxylic acid groups (broad SMARTS) is 1. The molecule has 0 spiro atoms. The topological polar surface area (TPSA) is 106 Å². The number of benzene rings is 1. The van der Waals surface area contributed by atoms with Gasteiger partial charge in [0.1, 0.15) is 11.8 Å². The van der Waals surface area contributed by atoms with Crippen molar-refractivity contribution in [3.63, 3.8) is 0 Å². The molecule has 7 heteroatoms. The maximum Gasteiger partial charge on any atom is 0.308 e. The van der Waals surface area contributed by atoms with Crippen LogP contribution in [0.4, 0.5) is 0 Å². The Morgan fingerprint density at radius 3 is 2.88 bits per heavy atom. The lowest BCUT2D eigenvalue weighted by Gasteiger charge is -2.51. The Bertz CT molecular complexity index is 790. The zero-order valence-electron chi connectivity index (χ0n) is 14.8. The number of carbonyl (C=O) groups is 1. The van der Waals surface area contributed by atoms with Crippen molar-refractivity contribution < 1.29 is 19.7 Å². The van der Waals surface area contributed by atoms with Gasteiger partial charge >= 0.3 is 5.97 Å². The Kier molecular flexibility index (Phi) is 4.14. The van der Waals surface area contributed by atoms with Crippen molar-refractivity contribution in [3.05, 3.63) is 28.8 Å². The Balaban J connectivity index is 1.87. The lowest BCUT2D eigenvalue weighted by molar-refractivity contribution is -0.142. The number of aliphatic carboxylic acids is 1. The lowest BCUT2D eigenvalue weighted by Crippen LogP contribution is -2.67. The third kappa shape index (κ3) is 2.26. The highest BCUT2D eigenvalue weighted by Gasteiger charge is 2.57. The van der Waals surface area contributed by atoms with Gasteiger partial charge in [0.25, 0.3) is 0 Å². The van der Waals surface area contributed by atoms with Crippen LogP contribution in [0.3, 0.4) is 0 Å². The van der Waals surface area contributed by atoms with Crippen LogP contribution in [0.1, 0.15) is 29.2 Å². The number of aliphatic hydroxyl groups is 1. The zero-order valence-corrected chi connectivity index (χ0v) is 14.8. The molecule has 1 aromatic rings. The molecule has 4 rings (SSSR count). The molecule has 2 saturated heterocycles. The maximum atomic E-state index is 11.8. The van der Waals surface area contributed by atoms with E-state index >= 15 is 0 Å². The van der Waals surface area contributed by atoms with Crippen molar-refractivity contribution >= 4 is 5.97 Å². The first kappa shape index (κ1) is 17.3. The Morgan fingerprint density at radius 1 is 1.50 bits per heavy atom. The van der Waals surface area contributed by atoms with Gasteiger partial charge in [-0.25, -0.2) is 0 Å². The third-order valence-corrected chi connectivity index (χ3v) is 6.35. The molecule has 2 fully saturated rings. The summed E-state index contributed by atoms with van der Waals surface area (Å²) in [6.45, 7) is 1.88. The molecule has 7 nitrogen and oxygen atoms in total. The molecule has 6 unspecified atom stereocenters. The molecular weight excluding hydrogens is 334 g/mol. The predicted octanol–water partition coefficient (Wildman–Crippen LogP) is 0.601. The summed E-state index contributed by atoms with van der Waals surface area (Å²) in [6, 6.07) is 4.83. The highest BCUT2D eigenvalue weighted by atomic mass is 16.5. The molecule has 3 heterocycles. The lowest BCUT2D eigenvalue weighted by atomic mass is 9.79. The largest absolute Gasteiger partial charge is 0.496 e. The van der Waals surface area contributed by atoms with Crippen molar-refractivity contribution in [2.45, 2.75) is 50.0 Å². The molecule has 2 bridgehead atoms. The first-order valence-corrected chi connectivity index (χ1v) is 8.95. The molecule has 6 atom stereocenters. The van der Waals surface area contributed by atoms with E-state index in [9.17, 15) is 20.3 Å². The van der Waals surface area contributed by atoms with Crippen LogP contribution in [0.2, 0.25) is 0 Å². The summed E-state index contributed by atoms with van der Waals surface area (Å²) >= 11 is 0. The van der Waals surface area contributed by atoms with Crippen molar-refractivity contribution in [1.29, 1.82) is 5.26 Å². The number of nitrogens with one attached hydrogen (secondary N) is 1. The molecule has 0 saturated carbocycles. The molecule has 0 aromatic heterocycles. The number of hydrogen-bond acceptors (Lipinski definition) is 6. The van der Waals surface area contributed by atoms with Crippen LogP contribution in [0.5, 0.6) is 5.75 Å². The Hall–Kier alpha value is -2.14. The number of ether oxygens (including phenoxy) is 1. The number of nitriles is 1. The standard InChI is InChI=1S/C19H23N3O4/c1-9-3-4-16(26-2)17-10(9)6-13-18-11(19(24)25)5-12(21-18)14(7-20)22(13)15(17)8-23/h3-4,11-15,18,21,23H,5-6,8H2,1-2H3,(H,24,25). The molecule has 0 aliphatic carbocycles. The van der Waals surface area contributed by atoms with E-state index in [4.69, 9.17) is 4.74 Å². The highest BCUT2D eigenvalue weighted by Crippen LogP contribution is 2.47. The summed E-state index contributed by atoms with van der Waals surface area (Å²) in [7, 11) is 1.61. The van der Waals surface area contributed by atoms with E-state index in [-0.39, 0.29) is 30.8 Å². The van der Waals surface area contributed by atoms with Gasteiger partial charge in [0.2, 0.25) is 0 Å². The van der Waals surface area contributed by atoms with Gasteiger partial charge in [-0.05, 0) is 37.0 Å². The van der Waals surface area contributed by atoms with Crippen LogP contribution in [-0.4, -0.2) is 59.0 Å². The van der Waals surface area contributed by atoms with Crippen LogP contribution in [0, 0.1) is 24.2 Å². The normalized spacial score (nSPS) is 35.3. The number of fused-ring (bicyclic) bond motifs is 5. The second-order valence-electron chi connectivity index (χ2n) is 7.45. The minimum Gasteiger partial charge on any atom is -0.496 e. The fourth-order valence-corrected chi connectivity index (χ4v) is 5.23. The highest BCUT2D eigenvalue weighted by molar-refractivity contribution is 5.72. The van der Waals surface area contributed by atoms with Crippen molar-refractivity contribution in [1.82, 2.24) is 10.2 Å². The average molecular weight is 357 g/mol. The fraction of sp³-hybridized carbons (Fsp3) is 0.579. The number of carboxylic acids is 1. The van der Waals surface area contributed by atoms with Gasteiger partial charge in [-0.2, -0.15) is 5.26 Å². The quantitative estimate of drug-likeness (QED) is 0.727. The van der Waals surface area contributed by atoms with E-state index in [1.165, 1.54) is 0 Å². The van der Waals surface area contributed by atoms with Crippen molar-refractivity contribution in [3.8, 4) is 11.8 Å². The van der Waals surface area contributed by atoms with Gasteiger partial charge in [0.15, 0.2) is 0 Å². The number of hydrogen-bond donors (Lipinski definition) is 3. The number of methoxy groups -OCH3 is 1. The van der Waals surface area contributed by atoms with Crippen LogP contribution in [0.25, 0.3) is 0 Å². The van der Waals surface area contributed by atoms with E-state index in [0.717, 1.165) is 16.7 Å². The van der Waals surface area contributed by atoms with Crippen LogP contribution >= 0.6 is 0 Å². The number of piperazine rings is 1. The Morgan fingerprint density at radius 2 is 2.27 bits per heavy atom. The van der Waals surface area contributed by atoms with Gasteiger partial charge < -0.3 is 20.3 Å². The molecule has 1 aromatic carbocycles. The maximum absolute atomic E-state index is 11.8. The minimum absolute atomic E-state index is 0.140. The van der Waals surface area contributed by atoms with Crippen LogP contribution in [0.15, 0.2) is 12.1 Å². The summed E-state index contributed by atoms with van der Waals surface area (Å²) in [5.74, 6) is -0.629. The zero-order chi connectivity index (χ0) is 18.6. The first-order valence-electron chi connectivity index (χ1n) is 8.95. The van der Waals surface area contributed by atoms with Gasteiger partial charge in [-0.3, -0.25) is 9.69 Å². The molecule has 0 radical (unpaired) electrons. The summed E-state index contributed by atoms with van der Waals surface area (Å²) < 4.78 is 5.55. The number of nitrogens with zero attached hydrogens (tertiary/aromatic N) is 2. The first-order chi connectivity index (χ1) is 12.5. The smallest absolute Gasteiger partial charge is 0.308 e. The SMILES string of the molecule is COc1ccc(C)c2c1C(CO)N1C(C#N)C3CC(C(=O)O)C(N3)C1C2. The number of aryl methyl sites for hydroxylation is 1. The van der Waals surface area contributed by atoms with E-state index in [0.29, 0.717) is 18.6 Å². The van der Waals surface area contributed by atoms with Gasteiger partial charge in [-0.1, -0.05) is 6.07 Å². The third-order valence-electron chi connectivity index (χ3n) is 6.35. The average Bonchev–Trinajstić information content (AvgIpc) is 3.02. The van der Waals surface area contributed by atoms with Crippen LogP contribution < -0.4 is 10.1 Å². The second kappa shape index (κ2) is 6.23. The number of aliphatic hydroxyl groups excluding tert-OH is 1. The summed E-state index contributed by atoms with van der Waals surface area (Å²) in [5, 5.41) is 33.1. The summed E-state index contributed by atoms with van der Waals surface area (Å²) in [5.41, 5.74) is 3.12. The van der Waals surface area contributed by atoms with Gasteiger partial charge in [-0.15, -0.1) is 0 Å². The van der Waals surface area contributed by atoms with Crippen molar-refractivity contribution in [2.24, 2.45) is 5.92 Å². The van der Waals surface area contributed by atoms with E-state index in [1.54, 1.807) is 7.11 Å². The minimum atomic E-state index is -0.822. The predicted molar refractivity (Wildman–Crippen MR) is 92.7 cm³/mol. The molecule has 0 amide bonds. The van der Waals surface area contributed by atoms with E-state index in [2.05, 4.69) is 11.4 Å². The van der Waals surface area contributed by atoms with Crippen molar-refractivity contribution in [2.75, 3.05) is 13.7 Å². The number of rotatable bonds is 3. The second-order valence-corrected chi connectivity index (χ2v) is 7.45. The Labute approximate surface area is 152 Å². The molecule has 138 valence electrons. The molecule has 26 heavy (non-hydrogen) atoms. The molecule has 3 aliphatic heterocycles. The van der Waals surface area contributed by atoms with Gasteiger partial charge in [0, 0.05) is 23.7 Å². The molecular formula is C19H23N3O4. The van der Waals surface area contributed by atoms with Crippen LogP contribution in [-0.2, 0) is 11.2 Å². The monoisotopic (exact) mass is 357 g/mol. The van der Waals surface area contributed by atoms with Gasteiger partial charge in [0.05, 0.1) is 31.7 Å². The van der Waals surface area contributed by atoms with E-state index in [1.807, 2.05) is 24.0 Å². The molecule has 3 aliphatic rings. The summed E-state index contributed by atoms with van der Waals surface area (Å²) in [4.78, 5) is 13.8.